The van der Waals surface area contributed by atoms with Crippen molar-refractivity contribution in [3.63, 3.8) is 0 Å². The highest BCUT2D eigenvalue weighted by atomic mass is 16.3. The van der Waals surface area contributed by atoms with Crippen molar-refractivity contribution in [2.45, 2.75) is 33.6 Å². The van der Waals surface area contributed by atoms with Crippen LogP contribution in [0.4, 0.5) is 0 Å². The smallest absolute Gasteiger partial charge is 0.143 e. The summed E-state index contributed by atoms with van der Waals surface area (Å²) < 4.78 is 9.24. The van der Waals surface area contributed by atoms with Crippen molar-refractivity contribution in [2.24, 2.45) is 0 Å². The Kier molecular flexibility index (Phi) is 9.09. The Balaban J connectivity index is 0.000000258. The van der Waals surface area contributed by atoms with Crippen LogP contribution in [0.15, 0.2) is 186 Å². The fourth-order valence-electron chi connectivity index (χ4n) is 8.16. The zero-order chi connectivity index (χ0) is 37.3. The largest absolute Gasteiger partial charge is 0.455 e. The minimum atomic E-state index is 0.921. The summed E-state index contributed by atoms with van der Waals surface area (Å²) in [5.41, 5.74) is 16.8. The van der Waals surface area contributed by atoms with Crippen LogP contribution in [0.1, 0.15) is 30.0 Å². The first-order valence-corrected chi connectivity index (χ1v) is 19.3. The van der Waals surface area contributed by atoms with Crippen LogP contribution >= 0.6 is 0 Å². The lowest BCUT2D eigenvalue weighted by Gasteiger charge is -2.12. The fraction of sp³-hybridized carbons (Fsp3) is 0.0943. The molecular formula is C53H43NO. The molecule has 2 heterocycles. The normalized spacial score (nSPS) is 11.3. The van der Waals surface area contributed by atoms with E-state index in [-0.39, 0.29) is 0 Å². The van der Waals surface area contributed by atoms with Gasteiger partial charge in [0, 0.05) is 38.9 Å². The molecule has 55 heavy (non-hydrogen) atoms. The molecule has 8 aromatic carbocycles. The van der Waals surface area contributed by atoms with Gasteiger partial charge in [-0.2, -0.15) is 0 Å². The number of rotatable bonds is 6. The summed E-state index contributed by atoms with van der Waals surface area (Å²) in [6.45, 7) is 6.56. The molecule has 0 atom stereocenters. The maximum absolute atomic E-state index is 6.85. The molecule has 0 unspecified atom stereocenters. The quantitative estimate of drug-likeness (QED) is 0.168. The lowest BCUT2D eigenvalue weighted by molar-refractivity contribution is 0.669. The minimum Gasteiger partial charge on any atom is -0.455 e. The average molecular weight is 710 g/mol. The monoisotopic (exact) mass is 709 g/mol. The van der Waals surface area contributed by atoms with Gasteiger partial charge in [0.25, 0.3) is 0 Å². The van der Waals surface area contributed by atoms with E-state index >= 15 is 0 Å². The molecule has 2 heteroatoms. The van der Waals surface area contributed by atoms with E-state index in [9.17, 15) is 0 Å². The third kappa shape index (κ3) is 6.40. The number of fused-ring (bicyclic) bond motifs is 6. The Morgan fingerprint density at radius 3 is 1.85 bits per heavy atom. The van der Waals surface area contributed by atoms with Gasteiger partial charge in [0.05, 0.1) is 11.0 Å². The molecule has 266 valence electrons. The highest BCUT2D eigenvalue weighted by Crippen LogP contribution is 2.43. The van der Waals surface area contributed by atoms with Crippen LogP contribution in [0.2, 0.25) is 0 Å². The molecule has 2 aromatic heterocycles. The molecule has 10 aromatic rings. The van der Waals surface area contributed by atoms with Crippen LogP contribution in [-0.2, 0) is 6.42 Å². The van der Waals surface area contributed by atoms with Gasteiger partial charge >= 0.3 is 0 Å². The van der Waals surface area contributed by atoms with E-state index in [1.807, 2.05) is 6.07 Å². The first-order valence-electron chi connectivity index (χ1n) is 19.3. The van der Waals surface area contributed by atoms with Crippen molar-refractivity contribution in [3.8, 4) is 39.1 Å². The van der Waals surface area contributed by atoms with Gasteiger partial charge in [-0.05, 0) is 83.5 Å². The van der Waals surface area contributed by atoms with E-state index in [0.29, 0.717) is 0 Å². The van der Waals surface area contributed by atoms with Gasteiger partial charge in [-0.1, -0.05) is 171 Å². The van der Waals surface area contributed by atoms with Gasteiger partial charge in [-0.25, -0.2) is 0 Å². The zero-order valence-corrected chi connectivity index (χ0v) is 31.6. The predicted octanol–water partition coefficient (Wildman–Crippen LogP) is 14.9. The van der Waals surface area contributed by atoms with Crippen molar-refractivity contribution in [1.82, 2.24) is 4.57 Å². The molecule has 0 radical (unpaired) electrons. The van der Waals surface area contributed by atoms with E-state index in [1.54, 1.807) is 0 Å². The van der Waals surface area contributed by atoms with Crippen molar-refractivity contribution in [1.29, 1.82) is 0 Å². The van der Waals surface area contributed by atoms with E-state index in [0.717, 1.165) is 40.6 Å². The Morgan fingerprint density at radius 1 is 0.473 bits per heavy atom. The third-order valence-corrected chi connectivity index (χ3v) is 10.8. The first kappa shape index (κ1) is 34.1. The number of hydrogen-bond acceptors (Lipinski definition) is 1. The van der Waals surface area contributed by atoms with E-state index in [1.165, 1.54) is 71.7 Å². The number of hydrogen-bond donors (Lipinski definition) is 0. The highest BCUT2D eigenvalue weighted by Gasteiger charge is 2.20. The second kappa shape index (κ2) is 14.6. The number of aromatic nitrogens is 1. The molecule has 0 aliphatic rings. The fourth-order valence-corrected chi connectivity index (χ4v) is 8.16. The minimum absolute atomic E-state index is 0.921. The molecule has 0 bridgehead atoms. The van der Waals surface area contributed by atoms with Crippen LogP contribution in [0, 0.1) is 13.8 Å². The van der Waals surface area contributed by atoms with Crippen LogP contribution in [0.3, 0.4) is 0 Å². The second-order valence-corrected chi connectivity index (χ2v) is 14.5. The van der Waals surface area contributed by atoms with Gasteiger partial charge in [0.1, 0.15) is 11.2 Å². The first-order chi connectivity index (χ1) is 27.1. The average Bonchev–Trinajstić information content (AvgIpc) is 3.76. The van der Waals surface area contributed by atoms with Gasteiger partial charge in [-0.3, -0.25) is 0 Å². The number of benzene rings is 8. The molecule has 0 amide bonds. The number of furan rings is 1. The van der Waals surface area contributed by atoms with E-state index in [4.69, 9.17) is 4.42 Å². The summed E-state index contributed by atoms with van der Waals surface area (Å²) in [5, 5.41) is 4.82. The maximum Gasteiger partial charge on any atom is 0.143 e. The Labute approximate surface area is 322 Å². The zero-order valence-electron chi connectivity index (χ0n) is 31.6. The topological polar surface area (TPSA) is 18.1 Å². The SMILES string of the molecule is CCCc1ccc2c(oc3cc4c(cc32)c2ccccc2n4-c2cccc(-c3ccccc3)c2)c1-c1ccccc1C.Cc1cccc(-c2ccccc2)c1. The van der Waals surface area contributed by atoms with Gasteiger partial charge in [0.15, 0.2) is 0 Å². The van der Waals surface area contributed by atoms with Crippen molar-refractivity contribution in [3.05, 3.63) is 199 Å². The summed E-state index contributed by atoms with van der Waals surface area (Å²) >= 11 is 0. The van der Waals surface area contributed by atoms with Gasteiger partial charge < -0.3 is 8.98 Å². The molecule has 0 saturated heterocycles. The summed E-state index contributed by atoms with van der Waals surface area (Å²) in [6, 6.07) is 65.0. The van der Waals surface area contributed by atoms with Crippen LogP contribution in [0.25, 0.3) is 82.8 Å². The molecule has 0 saturated carbocycles. The maximum atomic E-state index is 6.85. The number of nitrogens with zero attached hydrogens (tertiary/aromatic N) is 1. The summed E-state index contributed by atoms with van der Waals surface area (Å²) in [5.74, 6) is 0. The lowest BCUT2D eigenvalue weighted by atomic mass is 9.92. The van der Waals surface area contributed by atoms with Crippen molar-refractivity contribution in [2.75, 3.05) is 0 Å². The lowest BCUT2D eigenvalue weighted by Crippen LogP contribution is -1.94. The Morgan fingerprint density at radius 2 is 1.13 bits per heavy atom. The number of para-hydroxylation sites is 1. The Hall–Kier alpha value is -6.64. The van der Waals surface area contributed by atoms with Gasteiger partial charge in [-0.15, -0.1) is 0 Å². The van der Waals surface area contributed by atoms with Gasteiger partial charge in [0.2, 0.25) is 0 Å². The van der Waals surface area contributed by atoms with Crippen LogP contribution < -0.4 is 0 Å². The molecule has 0 spiro atoms. The predicted molar refractivity (Wildman–Crippen MR) is 234 cm³/mol. The standard InChI is InChI=1S/C40H31NO.C13H12/c1-3-12-28-21-22-33-35-24-34-32-19-9-10-20-36(32)41(30-17-11-16-29(23-30)27-14-5-4-6-15-27)37(34)25-38(35)42-40(33)39(28)31-18-8-7-13-26(31)2;1-11-6-5-9-13(10-11)12-7-3-2-4-8-12/h4-11,13-25H,3,12H2,1-2H3;2-10H,1H3. The second-order valence-electron chi connectivity index (χ2n) is 14.5. The Bertz CT molecular complexity index is 2950. The van der Waals surface area contributed by atoms with Crippen LogP contribution in [-0.4, -0.2) is 4.57 Å². The molecule has 0 aliphatic carbocycles. The summed E-state index contributed by atoms with van der Waals surface area (Å²) in [7, 11) is 0. The number of aryl methyl sites for hydroxylation is 3. The molecule has 10 rings (SSSR count). The van der Waals surface area contributed by atoms with Crippen molar-refractivity contribution >= 4 is 43.7 Å². The molecular weight excluding hydrogens is 667 g/mol. The van der Waals surface area contributed by atoms with E-state index in [2.05, 4.69) is 201 Å². The summed E-state index contributed by atoms with van der Waals surface area (Å²) in [6.07, 6.45) is 2.11. The van der Waals surface area contributed by atoms with E-state index < -0.39 is 0 Å². The summed E-state index contributed by atoms with van der Waals surface area (Å²) in [4.78, 5) is 0. The van der Waals surface area contributed by atoms with Crippen LogP contribution in [0.5, 0.6) is 0 Å². The molecule has 0 N–H and O–H groups in total. The molecule has 2 nitrogen and oxygen atoms in total. The third-order valence-electron chi connectivity index (χ3n) is 10.8. The molecule has 0 fully saturated rings. The molecule has 0 aliphatic heterocycles. The highest BCUT2D eigenvalue weighted by molar-refractivity contribution is 6.19. The van der Waals surface area contributed by atoms with Crippen molar-refractivity contribution < 1.29 is 4.42 Å².